The molecule has 0 spiro atoms. The first-order valence-corrected chi connectivity index (χ1v) is 6.40. The molecule has 0 N–H and O–H groups in total. The summed E-state index contributed by atoms with van der Waals surface area (Å²) in [6.07, 6.45) is 3.15. The molecule has 1 aromatic heterocycles. The van der Waals surface area contributed by atoms with E-state index in [1.807, 2.05) is 23.4 Å². The second-order valence-corrected chi connectivity index (χ2v) is 4.87. The summed E-state index contributed by atoms with van der Waals surface area (Å²) in [5, 5.41) is 11.4. The normalized spacial score (nSPS) is 15.4. The summed E-state index contributed by atoms with van der Waals surface area (Å²) in [6.45, 7) is 3.99. The van der Waals surface area contributed by atoms with Crippen molar-refractivity contribution in [3.05, 3.63) is 5.82 Å². The van der Waals surface area contributed by atoms with Crippen molar-refractivity contribution in [3.8, 4) is 0 Å². The topological polar surface area (TPSA) is 43.6 Å². The molecular formula is C8H15ClN4S. The minimum atomic E-state index is -0.137. The molecule has 6 heteroatoms. The van der Waals surface area contributed by atoms with Crippen LogP contribution in [0.2, 0.25) is 0 Å². The summed E-state index contributed by atoms with van der Waals surface area (Å²) in [5.41, 5.74) is 0. The number of hydrogen-bond acceptors (Lipinski definition) is 4. The standard InChI is InChI=1S/C8H15ClN4S/c1-6(4-5-14-3)13-8(7(2)9)10-11-12-13/h6-7H,4-5H2,1-3H3. The Kier molecular flexibility index (Phi) is 4.68. The van der Waals surface area contributed by atoms with E-state index in [9.17, 15) is 0 Å². The first kappa shape index (κ1) is 11.8. The van der Waals surface area contributed by atoms with E-state index in [-0.39, 0.29) is 5.38 Å². The molecule has 0 aromatic carbocycles. The number of rotatable bonds is 5. The molecule has 0 bridgehead atoms. The molecule has 4 nitrogen and oxygen atoms in total. The van der Waals surface area contributed by atoms with Gasteiger partial charge >= 0.3 is 0 Å². The fourth-order valence-corrected chi connectivity index (χ4v) is 1.91. The predicted octanol–water partition coefficient (Wildman–Crippen LogP) is 2.29. The van der Waals surface area contributed by atoms with Crippen molar-refractivity contribution in [2.75, 3.05) is 12.0 Å². The largest absolute Gasteiger partial charge is 0.225 e. The summed E-state index contributed by atoms with van der Waals surface area (Å²) in [6, 6.07) is 0.314. The highest BCUT2D eigenvalue weighted by atomic mass is 35.5. The van der Waals surface area contributed by atoms with Crippen molar-refractivity contribution in [1.82, 2.24) is 20.2 Å². The van der Waals surface area contributed by atoms with Gasteiger partial charge in [0.25, 0.3) is 0 Å². The van der Waals surface area contributed by atoms with Crippen LogP contribution in [0.25, 0.3) is 0 Å². The van der Waals surface area contributed by atoms with Crippen LogP contribution < -0.4 is 0 Å². The molecule has 0 aliphatic rings. The van der Waals surface area contributed by atoms with Gasteiger partial charge in [0.05, 0.1) is 11.4 Å². The van der Waals surface area contributed by atoms with Crippen molar-refractivity contribution in [2.45, 2.75) is 31.7 Å². The molecule has 0 aliphatic heterocycles. The van der Waals surface area contributed by atoms with Gasteiger partial charge in [0, 0.05) is 0 Å². The molecule has 14 heavy (non-hydrogen) atoms. The van der Waals surface area contributed by atoms with Crippen molar-refractivity contribution in [2.24, 2.45) is 0 Å². The average molecular weight is 235 g/mol. The van der Waals surface area contributed by atoms with Gasteiger partial charge in [0.15, 0.2) is 5.82 Å². The van der Waals surface area contributed by atoms with Gasteiger partial charge in [-0.05, 0) is 42.7 Å². The van der Waals surface area contributed by atoms with Gasteiger partial charge in [0.1, 0.15) is 0 Å². The van der Waals surface area contributed by atoms with Crippen LogP contribution in [0.15, 0.2) is 0 Å². The van der Waals surface area contributed by atoms with Crippen LogP contribution in [-0.4, -0.2) is 32.2 Å². The van der Waals surface area contributed by atoms with Crippen LogP contribution in [-0.2, 0) is 0 Å². The van der Waals surface area contributed by atoms with Crippen molar-refractivity contribution in [1.29, 1.82) is 0 Å². The lowest BCUT2D eigenvalue weighted by atomic mass is 10.2. The van der Waals surface area contributed by atoms with Gasteiger partial charge in [-0.2, -0.15) is 11.8 Å². The van der Waals surface area contributed by atoms with Gasteiger partial charge in [-0.25, -0.2) is 4.68 Å². The summed E-state index contributed by atoms with van der Waals surface area (Å²) >= 11 is 7.79. The number of halogens is 1. The second kappa shape index (κ2) is 5.56. The zero-order valence-corrected chi connectivity index (χ0v) is 10.2. The Balaban J connectivity index is 2.68. The van der Waals surface area contributed by atoms with Crippen LogP contribution >= 0.6 is 23.4 Å². The van der Waals surface area contributed by atoms with Crippen molar-refractivity contribution < 1.29 is 0 Å². The maximum atomic E-state index is 5.96. The third-order valence-electron chi connectivity index (χ3n) is 2.03. The van der Waals surface area contributed by atoms with Crippen LogP contribution in [0.5, 0.6) is 0 Å². The highest BCUT2D eigenvalue weighted by molar-refractivity contribution is 7.98. The van der Waals surface area contributed by atoms with E-state index in [4.69, 9.17) is 11.6 Å². The van der Waals surface area contributed by atoms with E-state index in [1.54, 1.807) is 0 Å². The fraction of sp³-hybridized carbons (Fsp3) is 0.875. The molecule has 1 heterocycles. The van der Waals surface area contributed by atoms with Gasteiger partial charge in [-0.3, -0.25) is 0 Å². The number of alkyl halides is 1. The maximum Gasteiger partial charge on any atom is 0.169 e. The lowest BCUT2D eigenvalue weighted by Crippen LogP contribution is -2.12. The molecule has 0 aliphatic carbocycles. The molecule has 0 saturated carbocycles. The predicted molar refractivity (Wildman–Crippen MR) is 59.8 cm³/mol. The van der Waals surface area contributed by atoms with E-state index in [0.717, 1.165) is 18.0 Å². The van der Waals surface area contributed by atoms with Crippen molar-refractivity contribution in [3.63, 3.8) is 0 Å². The van der Waals surface area contributed by atoms with Crippen LogP contribution in [0.4, 0.5) is 0 Å². The van der Waals surface area contributed by atoms with E-state index in [2.05, 4.69) is 28.7 Å². The van der Waals surface area contributed by atoms with E-state index in [0.29, 0.717) is 6.04 Å². The molecule has 0 radical (unpaired) electrons. The molecule has 1 aromatic rings. The third-order valence-corrected chi connectivity index (χ3v) is 2.87. The lowest BCUT2D eigenvalue weighted by Gasteiger charge is -2.13. The Morgan fingerprint density at radius 1 is 1.50 bits per heavy atom. The van der Waals surface area contributed by atoms with Crippen LogP contribution in [0, 0.1) is 0 Å². The molecular weight excluding hydrogens is 220 g/mol. The van der Waals surface area contributed by atoms with Gasteiger partial charge in [-0.15, -0.1) is 16.7 Å². The number of hydrogen-bond donors (Lipinski definition) is 0. The first-order chi connectivity index (χ1) is 6.66. The third kappa shape index (κ3) is 2.85. The first-order valence-electron chi connectivity index (χ1n) is 4.57. The Morgan fingerprint density at radius 3 is 2.79 bits per heavy atom. The molecule has 2 unspecified atom stereocenters. The second-order valence-electron chi connectivity index (χ2n) is 3.23. The molecule has 1 rings (SSSR count). The van der Waals surface area contributed by atoms with Gasteiger partial charge in [0.2, 0.25) is 0 Å². The summed E-state index contributed by atoms with van der Waals surface area (Å²) < 4.78 is 1.81. The fourth-order valence-electron chi connectivity index (χ4n) is 1.19. The lowest BCUT2D eigenvalue weighted by molar-refractivity contribution is 0.450. The Bertz CT molecular complexity index is 276. The zero-order valence-electron chi connectivity index (χ0n) is 8.64. The Labute approximate surface area is 93.4 Å². The van der Waals surface area contributed by atoms with Gasteiger partial charge in [-0.1, -0.05) is 0 Å². The molecule has 2 atom stereocenters. The number of nitrogens with zero attached hydrogens (tertiary/aromatic N) is 4. The molecule has 0 amide bonds. The summed E-state index contributed by atoms with van der Waals surface area (Å²) in [5.74, 6) is 1.86. The smallest absolute Gasteiger partial charge is 0.169 e. The van der Waals surface area contributed by atoms with Crippen LogP contribution in [0.3, 0.4) is 0 Å². The number of thioether (sulfide) groups is 1. The van der Waals surface area contributed by atoms with Crippen LogP contribution in [0.1, 0.15) is 37.5 Å². The SMILES string of the molecule is CSCCC(C)n1nnnc1C(C)Cl. The summed E-state index contributed by atoms with van der Waals surface area (Å²) in [7, 11) is 0. The Morgan fingerprint density at radius 2 is 2.21 bits per heavy atom. The maximum absolute atomic E-state index is 5.96. The monoisotopic (exact) mass is 234 g/mol. The highest BCUT2D eigenvalue weighted by Gasteiger charge is 2.15. The minimum absolute atomic E-state index is 0.137. The van der Waals surface area contributed by atoms with E-state index >= 15 is 0 Å². The quantitative estimate of drug-likeness (QED) is 0.734. The minimum Gasteiger partial charge on any atom is -0.225 e. The van der Waals surface area contributed by atoms with E-state index in [1.165, 1.54) is 0 Å². The molecule has 0 saturated heterocycles. The highest BCUT2D eigenvalue weighted by Crippen LogP contribution is 2.20. The number of aromatic nitrogens is 4. The average Bonchev–Trinajstić information content (AvgIpc) is 2.62. The molecule has 0 fully saturated rings. The summed E-state index contributed by atoms with van der Waals surface area (Å²) in [4.78, 5) is 0. The van der Waals surface area contributed by atoms with E-state index < -0.39 is 0 Å². The van der Waals surface area contributed by atoms with Crippen molar-refractivity contribution >= 4 is 23.4 Å². The Hall–Kier alpha value is -0.290. The molecule has 80 valence electrons. The number of tetrazole rings is 1. The zero-order chi connectivity index (χ0) is 10.6. The van der Waals surface area contributed by atoms with Gasteiger partial charge < -0.3 is 0 Å².